The summed E-state index contributed by atoms with van der Waals surface area (Å²) in [5.41, 5.74) is 3.20. The molecule has 1 aromatic heterocycles. The molecule has 0 radical (unpaired) electrons. The van der Waals surface area contributed by atoms with E-state index in [1.165, 1.54) is 21.8 Å². The average Bonchev–Trinajstić information content (AvgIpc) is 3.70. The number of carbonyl (C=O) groups is 3. The van der Waals surface area contributed by atoms with Crippen LogP contribution in [0.5, 0.6) is 11.5 Å². The average molecular weight is 607 g/mol. The Labute approximate surface area is 250 Å². The second kappa shape index (κ2) is 10.3. The molecule has 2 bridgehead atoms. The summed E-state index contributed by atoms with van der Waals surface area (Å²) < 4.78 is 11.9. The van der Waals surface area contributed by atoms with Gasteiger partial charge in [0, 0.05) is 22.6 Å². The van der Waals surface area contributed by atoms with Crippen molar-refractivity contribution in [2.45, 2.75) is 42.6 Å². The molecule has 42 heavy (non-hydrogen) atoms. The normalized spacial score (nSPS) is 28.9. The van der Waals surface area contributed by atoms with Gasteiger partial charge in [-0.3, -0.25) is 24.1 Å². The number of hydrogen-bond acceptors (Lipinski definition) is 8. The molecule has 1 saturated heterocycles. The number of ether oxygens (including phenoxy) is 2. The van der Waals surface area contributed by atoms with Gasteiger partial charge in [0.15, 0.2) is 11.5 Å². The molecule has 2 aromatic carbocycles. The second-order valence-electron chi connectivity index (χ2n) is 11.6. The van der Waals surface area contributed by atoms with E-state index in [9.17, 15) is 19.2 Å². The lowest BCUT2D eigenvalue weighted by Gasteiger charge is -2.43. The predicted molar refractivity (Wildman–Crippen MR) is 156 cm³/mol. The minimum atomic E-state index is -1.03. The number of aliphatic carboxylic acids is 1. The Morgan fingerprint density at radius 2 is 1.79 bits per heavy atom. The van der Waals surface area contributed by atoms with E-state index in [0.717, 1.165) is 27.5 Å². The highest BCUT2D eigenvalue weighted by Gasteiger charge is 2.69. The van der Waals surface area contributed by atoms with E-state index in [0.29, 0.717) is 18.1 Å². The van der Waals surface area contributed by atoms with Crippen LogP contribution in [0.3, 0.4) is 0 Å². The van der Waals surface area contributed by atoms with Gasteiger partial charge in [0.05, 0.1) is 30.4 Å². The van der Waals surface area contributed by atoms with E-state index in [4.69, 9.17) is 14.6 Å². The lowest BCUT2D eigenvalue weighted by molar-refractivity contribution is -0.142. The van der Waals surface area contributed by atoms with E-state index >= 15 is 0 Å². The maximum absolute atomic E-state index is 13.5. The number of carbonyl (C=O) groups excluding carboxylic acids is 2. The summed E-state index contributed by atoms with van der Waals surface area (Å²) in [5, 5.41) is 10.0. The number of thioether (sulfide) groups is 1. The van der Waals surface area contributed by atoms with E-state index in [1.54, 1.807) is 18.9 Å². The van der Waals surface area contributed by atoms with Crippen LogP contribution < -0.4 is 14.3 Å². The molecule has 3 fully saturated rings. The lowest BCUT2D eigenvalue weighted by atomic mass is 9.68. The Kier molecular flexibility index (Phi) is 6.69. The van der Waals surface area contributed by atoms with Crippen LogP contribution in [0, 0.1) is 36.5 Å². The summed E-state index contributed by atoms with van der Waals surface area (Å²) >= 11 is 2.83. The SMILES string of the molecule is COc1cc([C@H]2c3sc(=O)[nH]c3SC3C4CC(C5C(=O)N(CCC(=O)O)C(=O)C45)C32)ccc1OCc1ccc(C)cc1. The number of aromatic amines is 1. The standard InChI is InChI=1S/C31H30N2O7S2/c1-14-3-5-15(6-4-14)13-40-19-8-7-16(11-20(19)39-2)22-23-17-12-18(26(23)41-28-27(22)42-31(38)32-28)25-24(17)29(36)33(30(25)37)10-9-21(34)35/h3-8,11,17-18,22-26H,9-10,12-13H2,1-2H3,(H,32,38)(H,34,35)/t17?,18?,22-,23?,24?,25?,26?/m1/s1. The van der Waals surface area contributed by atoms with E-state index in [-0.39, 0.29) is 58.6 Å². The fourth-order valence-corrected chi connectivity index (χ4v) is 10.6. The van der Waals surface area contributed by atoms with Gasteiger partial charge in [0.1, 0.15) is 6.61 Å². The number of methoxy groups -OCH3 is 1. The number of likely N-dealkylation sites (tertiary alicyclic amines) is 1. The minimum Gasteiger partial charge on any atom is -0.493 e. The molecule has 2 aliphatic heterocycles. The highest BCUT2D eigenvalue weighted by Crippen LogP contribution is 2.68. The number of carboxylic acids is 1. The maximum atomic E-state index is 13.5. The Morgan fingerprint density at radius 1 is 1.05 bits per heavy atom. The molecular weight excluding hydrogens is 576 g/mol. The quantitative estimate of drug-likeness (QED) is 0.364. The molecule has 0 spiro atoms. The van der Waals surface area contributed by atoms with E-state index in [2.05, 4.69) is 4.98 Å². The summed E-state index contributed by atoms with van der Waals surface area (Å²) in [7, 11) is 1.61. The number of fused-ring (bicyclic) bond motifs is 9. The van der Waals surface area contributed by atoms with E-state index in [1.807, 2.05) is 49.4 Å². The number of imide groups is 1. The zero-order valence-corrected chi connectivity index (χ0v) is 24.7. The first kappa shape index (κ1) is 27.3. The largest absolute Gasteiger partial charge is 0.493 e. The fraction of sp³-hybridized carbons (Fsp3) is 0.419. The molecule has 4 aliphatic rings. The van der Waals surface area contributed by atoms with Crippen LogP contribution in [0.2, 0.25) is 0 Å². The van der Waals surface area contributed by atoms with Gasteiger partial charge in [0.2, 0.25) is 11.8 Å². The number of carboxylic acid groups (broad SMARTS) is 1. The van der Waals surface area contributed by atoms with Crippen molar-refractivity contribution in [1.82, 2.24) is 9.88 Å². The Bertz CT molecular complexity index is 1650. The van der Waals surface area contributed by atoms with Crippen LogP contribution >= 0.6 is 23.1 Å². The molecule has 218 valence electrons. The van der Waals surface area contributed by atoms with Crippen LogP contribution in [0.4, 0.5) is 0 Å². The number of nitrogens with zero attached hydrogens (tertiary/aromatic N) is 1. The van der Waals surface area contributed by atoms with Crippen LogP contribution in [0.25, 0.3) is 0 Å². The number of thiazole rings is 1. The zero-order chi connectivity index (χ0) is 29.3. The van der Waals surface area contributed by atoms with Crippen molar-refractivity contribution in [2.75, 3.05) is 13.7 Å². The van der Waals surface area contributed by atoms with Crippen molar-refractivity contribution in [2.24, 2.45) is 29.6 Å². The lowest BCUT2D eigenvalue weighted by Crippen LogP contribution is -2.42. The van der Waals surface area contributed by atoms with Gasteiger partial charge < -0.3 is 19.6 Å². The molecule has 2 saturated carbocycles. The zero-order valence-electron chi connectivity index (χ0n) is 23.1. The van der Waals surface area contributed by atoms with Gasteiger partial charge in [-0.2, -0.15) is 0 Å². The van der Waals surface area contributed by atoms with Gasteiger partial charge in [-0.05, 0) is 54.4 Å². The van der Waals surface area contributed by atoms with Crippen molar-refractivity contribution >= 4 is 40.9 Å². The van der Waals surface area contributed by atoms with Gasteiger partial charge in [-0.15, -0.1) is 11.8 Å². The second-order valence-corrected chi connectivity index (χ2v) is 13.8. The first-order valence-electron chi connectivity index (χ1n) is 14.1. The van der Waals surface area contributed by atoms with E-state index < -0.39 is 17.8 Å². The predicted octanol–water partition coefficient (Wildman–Crippen LogP) is 4.28. The number of aryl methyl sites for hydroxylation is 1. The Morgan fingerprint density at radius 3 is 2.50 bits per heavy atom. The molecule has 2 aliphatic carbocycles. The van der Waals surface area contributed by atoms with Crippen molar-refractivity contribution in [1.29, 1.82) is 0 Å². The molecule has 3 heterocycles. The number of benzene rings is 2. The summed E-state index contributed by atoms with van der Waals surface area (Å²) in [6, 6.07) is 14.1. The number of hydrogen-bond donors (Lipinski definition) is 2. The first-order valence-corrected chi connectivity index (χ1v) is 15.8. The van der Waals surface area contributed by atoms with Gasteiger partial charge in [0.25, 0.3) is 0 Å². The topological polar surface area (TPSA) is 126 Å². The van der Waals surface area contributed by atoms with Crippen LogP contribution in [0.15, 0.2) is 52.3 Å². The van der Waals surface area contributed by atoms with Gasteiger partial charge in [-0.1, -0.05) is 47.2 Å². The molecule has 7 atom stereocenters. The molecule has 2 amide bonds. The third kappa shape index (κ3) is 4.27. The molecule has 7 rings (SSSR count). The minimum absolute atomic E-state index is 0.0145. The van der Waals surface area contributed by atoms with Crippen molar-refractivity contribution < 1.29 is 29.0 Å². The number of H-pyrrole nitrogens is 1. The van der Waals surface area contributed by atoms with Crippen molar-refractivity contribution in [3.05, 3.63) is 73.7 Å². The van der Waals surface area contributed by atoms with Crippen molar-refractivity contribution in [3.8, 4) is 11.5 Å². The smallest absolute Gasteiger partial charge is 0.305 e. The summed E-state index contributed by atoms with van der Waals surface area (Å²) in [6.07, 6.45) is 0.513. The summed E-state index contributed by atoms with van der Waals surface area (Å²) in [4.78, 5) is 55.7. The maximum Gasteiger partial charge on any atom is 0.305 e. The summed E-state index contributed by atoms with van der Waals surface area (Å²) in [6.45, 7) is 2.35. The molecule has 6 unspecified atom stereocenters. The van der Waals surface area contributed by atoms with Crippen molar-refractivity contribution in [3.63, 3.8) is 0 Å². The highest BCUT2D eigenvalue weighted by molar-refractivity contribution is 8.00. The monoisotopic (exact) mass is 606 g/mol. The fourth-order valence-electron chi connectivity index (χ4n) is 7.72. The van der Waals surface area contributed by atoms with Crippen LogP contribution in [-0.4, -0.2) is 51.7 Å². The third-order valence-corrected chi connectivity index (χ3v) is 12.0. The molecule has 9 nitrogen and oxygen atoms in total. The molecule has 11 heteroatoms. The Hall–Kier alpha value is -3.57. The van der Waals surface area contributed by atoms with Gasteiger partial charge >= 0.3 is 10.8 Å². The molecule has 2 N–H and O–H groups in total. The molecule has 3 aromatic rings. The number of rotatable bonds is 8. The number of nitrogens with one attached hydrogen (secondary N) is 1. The third-order valence-electron chi connectivity index (χ3n) is 9.43. The first-order chi connectivity index (χ1) is 20.2. The number of amides is 2. The molecular formula is C31H30N2O7S2. The van der Waals surface area contributed by atoms with Crippen LogP contribution in [0.1, 0.15) is 40.3 Å². The Balaban J connectivity index is 1.22. The van der Waals surface area contributed by atoms with Crippen LogP contribution in [-0.2, 0) is 21.0 Å². The highest BCUT2D eigenvalue weighted by atomic mass is 32.2. The van der Waals surface area contributed by atoms with Gasteiger partial charge in [-0.25, -0.2) is 0 Å². The number of aromatic nitrogens is 1. The summed E-state index contributed by atoms with van der Waals surface area (Å²) in [5.74, 6) is -1.35.